The molecule has 0 aliphatic rings. The van der Waals surface area contributed by atoms with Gasteiger partial charge in [0.15, 0.2) is 0 Å². The molecule has 1 rings (SSSR count). The molecule has 6 nitrogen and oxygen atoms in total. The van der Waals surface area contributed by atoms with Crippen molar-refractivity contribution in [3.63, 3.8) is 0 Å². The third kappa shape index (κ3) is 1.78. The highest BCUT2D eigenvalue weighted by molar-refractivity contribution is 5.34. The number of nitrogens with one attached hydrogen (secondary N) is 1. The summed E-state index contributed by atoms with van der Waals surface area (Å²) >= 11 is 0. The van der Waals surface area contributed by atoms with E-state index in [0.29, 0.717) is 5.82 Å². The van der Waals surface area contributed by atoms with Crippen LogP contribution in [0.25, 0.3) is 0 Å². The molecular formula is C8H11N3O3. The molecule has 76 valence electrons. The number of hydrogen-bond donors (Lipinski definition) is 1. The Morgan fingerprint density at radius 3 is 2.50 bits per heavy atom. The number of rotatable bonds is 2. The second-order valence-corrected chi connectivity index (χ2v) is 3.30. The molecule has 0 atom stereocenters. The van der Waals surface area contributed by atoms with Crippen LogP contribution >= 0.6 is 0 Å². The van der Waals surface area contributed by atoms with Gasteiger partial charge in [0, 0.05) is 5.92 Å². The standard InChI is InChI=1S/C8H11N3O3/c1-4(2)6-7(11(13)14)8(12)10-5(3)9-6/h4H,1-3H3,(H,9,10,12). The lowest BCUT2D eigenvalue weighted by molar-refractivity contribution is -0.387. The summed E-state index contributed by atoms with van der Waals surface area (Å²) in [5.74, 6) is 0.251. The lowest BCUT2D eigenvalue weighted by Gasteiger charge is -2.04. The molecule has 0 fully saturated rings. The minimum Gasteiger partial charge on any atom is -0.305 e. The maximum atomic E-state index is 11.3. The van der Waals surface area contributed by atoms with Gasteiger partial charge in [-0.25, -0.2) is 4.98 Å². The van der Waals surface area contributed by atoms with Crippen LogP contribution in [0.5, 0.6) is 0 Å². The van der Waals surface area contributed by atoms with Crippen LogP contribution in [0.2, 0.25) is 0 Å². The van der Waals surface area contributed by atoms with Gasteiger partial charge in [-0.3, -0.25) is 14.9 Å². The van der Waals surface area contributed by atoms with Crippen LogP contribution in [0.3, 0.4) is 0 Å². The number of aromatic nitrogens is 2. The van der Waals surface area contributed by atoms with Crippen molar-refractivity contribution in [1.82, 2.24) is 9.97 Å². The van der Waals surface area contributed by atoms with Crippen molar-refractivity contribution in [2.24, 2.45) is 0 Å². The van der Waals surface area contributed by atoms with E-state index >= 15 is 0 Å². The Kier molecular flexibility index (Phi) is 2.64. The summed E-state index contributed by atoms with van der Waals surface area (Å²) in [7, 11) is 0. The largest absolute Gasteiger partial charge is 0.355 e. The van der Waals surface area contributed by atoms with E-state index in [2.05, 4.69) is 9.97 Å². The van der Waals surface area contributed by atoms with Crippen LogP contribution in [-0.2, 0) is 0 Å². The fraction of sp³-hybridized carbons (Fsp3) is 0.500. The third-order valence-corrected chi connectivity index (χ3v) is 1.77. The van der Waals surface area contributed by atoms with Gasteiger partial charge in [-0.15, -0.1) is 0 Å². The van der Waals surface area contributed by atoms with Gasteiger partial charge in [-0.2, -0.15) is 0 Å². The summed E-state index contributed by atoms with van der Waals surface area (Å²) in [4.78, 5) is 27.4. The molecule has 0 radical (unpaired) electrons. The Morgan fingerprint density at radius 1 is 1.50 bits per heavy atom. The average Bonchev–Trinajstić information content (AvgIpc) is 2.01. The molecule has 0 aromatic carbocycles. The monoisotopic (exact) mass is 197 g/mol. The topological polar surface area (TPSA) is 88.9 Å². The van der Waals surface area contributed by atoms with Crippen LogP contribution in [0, 0.1) is 17.0 Å². The van der Waals surface area contributed by atoms with Crippen molar-refractivity contribution in [3.05, 3.63) is 32.0 Å². The number of hydrogen-bond acceptors (Lipinski definition) is 4. The first kappa shape index (κ1) is 10.4. The zero-order valence-electron chi connectivity index (χ0n) is 8.20. The van der Waals surface area contributed by atoms with Gasteiger partial charge in [0.25, 0.3) is 0 Å². The normalized spacial score (nSPS) is 10.6. The van der Waals surface area contributed by atoms with Crippen LogP contribution < -0.4 is 5.56 Å². The molecule has 0 spiro atoms. The Balaban J connectivity index is 3.53. The summed E-state index contributed by atoms with van der Waals surface area (Å²) in [5.41, 5.74) is -0.909. The number of H-pyrrole nitrogens is 1. The first-order chi connectivity index (χ1) is 6.43. The predicted octanol–water partition coefficient (Wildman–Crippen LogP) is 1.11. The van der Waals surface area contributed by atoms with Crippen LogP contribution in [0.15, 0.2) is 4.79 Å². The van der Waals surface area contributed by atoms with E-state index in [0.717, 1.165) is 0 Å². The van der Waals surface area contributed by atoms with Crippen molar-refractivity contribution >= 4 is 5.69 Å². The van der Waals surface area contributed by atoms with Gasteiger partial charge < -0.3 is 4.98 Å². The summed E-state index contributed by atoms with van der Waals surface area (Å²) in [6.45, 7) is 5.11. The fourth-order valence-corrected chi connectivity index (χ4v) is 1.18. The van der Waals surface area contributed by atoms with Gasteiger partial charge in [0.1, 0.15) is 11.5 Å². The van der Waals surface area contributed by atoms with Crippen LogP contribution in [0.4, 0.5) is 5.69 Å². The Bertz CT molecular complexity index is 422. The van der Waals surface area contributed by atoms with E-state index < -0.39 is 16.2 Å². The summed E-state index contributed by atoms with van der Waals surface area (Å²) < 4.78 is 0. The van der Waals surface area contributed by atoms with Gasteiger partial charge in [-0.1, -0.05) is 13.8 Å². The third-order valence-electron chi connectivity index (χ3n) is 1.77. The van der Waals surface area contributed by atoms with E-state index in [1.54, 1.807) is 20.8 Å². The van der Waals surface area contributed by atoms with Gasteiger partial charge in [0.2, 0.25) is 0 Å². The van der Waals surface area contributed by atoms with Crippen molar-refractivity contribution in [3.8, 4) is 0 Å². The van der Waals surface area contributed by atoms with Gasteiger partial charge in [0.05, 0.1) is 4.92 Å². The molecule has 0 saturated heterocycles. The minimum absolute atomic E-state index is 0.142. The second kappa shape index (κ2) is 3.57. The number of aryl methyl sites for hydroxylation is 1. The molecule has 14 heavy (non-hydrogen) atoms. The molecule has 0 amide bonds. The quantitative estimate of drug-likeness (QED) is 0.568. The van der Waals surface area contributed by atoms with Crippen LogP contribution in [0.1, 0.15) is 31.3 Å². The second-order valence-electron chi connectivity index (χ2n) is 3.30. The molecule has 0 aliphatic carbocycles. The zero-order valence-corrected chi connectivity index (χ0v) is 8.20. The average molecular weight is 197 g/mol. The Labute approximate surface area is 80.1 Å². The lowest BCUT2D eigenvalue weighted by atomic mass is 10.1. The van der Waals surface area contributed by atoms with Gasteiger partial charge >= 0.3 is 11.2 Å². The molecule has 0 bridgehead atoms. The Hall–Kier alpha value is -1.72. The molecule has 1 N–H and O–H groups in total. The number of aromatic amines is 1. The summed E-state index contributed by atoms with van der Waals surface area (Å²) in [5, 5.41) is 10.6. The minimum atomic E-state index is -0.694. The highest BCUT2D eigenvalue weighted by atomic mass is 16.6. The Morgan fingerprint density at radius 2 is 2.07 bits per heavy atom. The SMILES string of the molecule is Cc1nc(C(C)C)c([N+](=O)[O-])c(=O)[nH]1. The highest BCUT2D eigenvalue weighted by Crippen LogP contribution is 2.19. The summed E-state index contributed by atoms with van der Waals surface area (Å²) in [6.07, 6.45) is 0. The summed E-state index contributed by atoms with van der Waals surface area (Å²) in [6, 6.07) is 0. The van der Waals surface area contributed by atoms with E-state index in [-0.39, 0.29) is 11.6 Å². The molecule has 1 aromatic heterocycles. The molecule has 0 aliphatic heterocycles. The molecule has 1 aromatic rings. The zero-order chi connectivity index (χ0) is 10.9. The van der Waals surface area contributed by atoms with Crippen molar-refractivity contribution in [1.29, 1.82) is 0 Å². The molecule has 0 unspecified atom stereocenters. The van der Waals surface area contributed by atoms with E-state index in [1.165, 1.54) is 0 Å². The predicted molar refractivity (Wildman–Crippen MR) is 50.3 cm³/mol. The van der Waals surface area contributed by atoms with E-state index in [4.69, 9.17) is 0 Å². The van der Waals surface area contributed by atoms with Crippen LogP contribution in [-0.4, -0.2) is 14.9 Å². The smallest absolute Gasteiger partial charge is 0.305 e. The van der Waals surface area contributed by atoms with Crippen molar-refractivity contribution in [2.45, 2.75) is 26.7 Å². The van der Waals surface area contributed by atoms with Crippen molar-refractivity contribution in [2.75, 3.05) is 0 Å². The maximum Gasteiger partial charge on any atom is 0.355 e. The van der Waals surface area contributed by atoms with E-state index in [1.807, 2.05) is 0 Å². The highest BCUT2D eigenvalue weighted by Gasteiger charge is 2.23. The maximum absolute atomic E-state index is 11.3. The number of nitrogens with zero attached hydrogens (tertiary/aromatic N) is 2. The molecule has 0 saturated carbocycles. The van der Waals surface area contributed by atoms with Gasteiger partial charge in [-0.05, 0) is 6.92 Å². The van der Waals surface area contributed by atoms with E-state index in [9.17, 15) is 14.9 Å². The fourth-order valence-electron chi connectivity index (χ4n) is 1.18. The first-order valence-electron chi connectivity index (χ1n) is 4.18. The molecule has 1 heterocycles. The molecule has 6 heteroatoms. The number of nitro groups is 1. The molecular weight excluding hydrogens is 186 g/mol. The first-order valence-corrected chi connectivity index (χ1v) is 4.18. The lowest BCUT2D eigenvalue weighted by Crippen LogP contribution is -2.18. The van der Waals surface area contributed by atoms with Crippen molar-refractivity contribution < 1.29 is 4.92 Å².